The van der Waals surface area contributed by atoms with Gasteiger partial charge in [0, 0.05) is 0 Å². The molecule has 0 spiro atoms. The Bertz CT molecular complexity index is 126. The first-order chi connectivity index (χ1) is 4.56. The standard InChI is InChI=1S/C6H9.3CH3.Sn/c1-3-5-6-4-2;;;;/h3-6H,1H2,2H3;3*1H3;/b5-3+,6-4+;;;;. The van der Waals surface area contributed by atoms with Crippen LogP contribution in [0.15, 0.2) is 24.3 Å². The van der Waals surface area contributed by atoms with Crippen molar-refractivity contribution in [3.05, 3.63) is 24.3 Å². The number of hydrogen-bond donors (Lipinski definition) is 0. The van der Waals surface area contributed by atoms with Gasteiger partial charge in [-0.25, -0.2) is 0 Å². The number of rotatable bonds is 3. The fraction of sp³-hybridized carbons (Fsp3) is 0.556. The molecule has 0 aliphatic heterocycles. The molecule has 0 aromatic rings. The molecule has 1 heteroatoms. The van der Waals surface area contributed by atoms with Crippen molar-refractivity contribution in [3.63, 3.8) is 0 Å². The van der Waals surface area contributed by atoms with E-state index in [1.807, 2.05) is 6.92 Å². The minimum absolute atomic E-state index is 1.36. The molecule has 0 aliphatic carbocycles. The molecule has 58 valence electrons. The van der Waals surface area contributed by atoms with Gasteiger partial charge in [0.1, 0.15) is 0 Å². The Labute approximate surface area is 68.9 Å². The van der Waals surface area contributed by atoms with Gasteiger partial charge < -0.3 is 0 Å². The average molecular weight is 245 g/mol. The van der Waals surface area contributed by atoms with Crippen LogP contribution in [0.25, 0.3) is 0 Å². The van der Waals surface area contributed by atoms with Gasteiger partial charge in [-0.2, -0.15) is 0 Å². The van der Waals surface area contributed by atoms with Crippen LogP contribution in [0.5, 0.6) is 0 Å². The molecule has 10 heavy (non-hydrogen) atoms. The van der Waals surface area contributed by atoms with E-state index < -0.39 is 18.4 Å². The SMILES string of the molecule is C/C=C/C=C/[CH2][Sn]([CH3])([CH3])[CH3]. The van der Waals surface area contributed by atoms with E-state index in [1.165, 1.54) is 4.44 Å². The second-order valence-corrected chi connectivity index (χ2v) is 19.5. The minimum atomic E-state index is -1.47. The van der Waals surface area contributed by atoms with Crippen LogP contribution < -0.4 is 0 Å². The molecule has 0 radical (unpaired) electrons. The summed E-state index contributed by atoms with van der Waals surface area (Å²) in [6, 6.07) is 0. The summed E-state index contributed by atoms with van der Waals surface area (Å²) in [7, 11) is 0. The summed E-state index contributed by atoms with van der Waals surface area (Å²) < 4.78 is 1.36. The predicted molar refractivity (Wildman–Crippen MR) is 52.1 cm³/mol. The Morgan fingerprint density at radius 3 is 2.10 bits per heavy atom. The van der Waals surface area contributed by atoms with Crippen molar-refractivity contribution in [2.75, 3.05) is 0 Å². The zero-order chi connectivity index (χ0) is 8.04. The van der Waals surface area contributed by atoms with E-state index in [9.17, 15) is 0 Å². The molecule has 0 aliphatic rings. The first-order valence-corrected chi connectivity index (χ1v) is 14.4. The van der Waals surface area contributed by atoms with Crippen molar-refractivity contribution in [1.82, 2.24) is 0 Å². The molecule has 0 atom stereocenters. The number of allylic oxidation sites excluding steroid dienone is 4. The summed E-state index contributed by atoms with van der Waals surface area (Å²) in [5.41, 5.74) is 0. The van der Waals surface area contributed by atoms with Crippen LogP contribution in [0.3, 0.4) is 0 Å². The fourth-order valence-corrected chi connectivity index (χ4v) is 3.02. The molecule has 0 aromatic heterocycles. The van der Waals surface area contributed by atoms with Gasteiger partial charge in [-0.05, 0) is 0 Å². The number of hydrogen-bond acceptors (Lipinski definition) is 0. The maximum atomic E-state index is 2.45. The average Bonchev–Trinajstić information content (AvgIpc) is 1.78. The molecule has 0 bridgehead atoms. The van der Waals surface area contributed by atoms with E-state index in [1.54, 1.807) is 0 Å². The maximum absolute atomic E-state index is 2.45. The molecular weight excluding hydrogens is 227 g/mol. The van der Waals surface area contributed by atoms with E-state index in [2.05, 4.69) is 39.1 Å². The van der Waals surface area contributed by atoms with Crippen molar-refractivity contribution in [1.29, 1.82) is 0 Å². The normalized spacial score (nSPS) is 13.6. The molecule has 0 amide bonds. The van der Waals surface area contributed by atoms with Crippen LogP contribution in [-0.2, 0) is 0 Å². The molecule has 0 unspecified atom stereocenters. The molecule has 0 nitrogen and oxygen atoms in total. The van der Waals surface area contributed by atoms with Gasteiger partial charge in [-0.15, -0.1) is 0 Å². The topological polar surface area (TPSA) is 0 Å². The molecule has 0 rings (SSSR count). The van der Waals surface area contributed by atoms with E-state index in [0.717, 1.165) is 0 Å². The Balaban J connectivity index is 3.54. The van der Waals surface area contributed by atoms with Gasteiger partial charge in [0.15, 0.2) is 0 Å². The van der Waals surface area contributed by atoms with Gasteiger partial charge in [-0.1, -0.05) is 0 Å². The van der Waals surface area contributed by atoms with Gasteiger partial charge in [0.05, 0.1) is 0 Å². The van der Waals surface area contributed by atoms with Crippen LogP contribution in [0.1, 0.15) is 6.92 Å². The van der Waals surface area contributed by atoms with E-state index in [0.29, 0.717) is 0 Å². The second-order valence-electron chi connectivity index (χ2n) is 3.72. The van der Waals surface area contributed by atoms with E-state index >= 15 is 0 Å². The monoisotopic (exact) mass is 246 g/mol. The van der Waals surface area contributed by atoms with Gasteiger partial charge in [0.25, 0.3) is 0 Å². The Hall–Kier alpha value is 0.279. The third-order valence-electron chi connectivity index (χ3n) is 1.17. The van der Waals surface area contributed by atoms with Crippen molar-refractivity contribution in [3.8, 4) is 0 Å². The van der Waals surface area contributed by atoms with Gasteiger partial charge in [-0.3, -0.25) is 0 Å². The first kappa shape index (κ1) is 10.3. The quantitative estimate of drug-likeness (QED) is 0.527. The van der Waals surface area contributed by atoms with E-state index in [4.69, 9.17) is 0 Å². The summed E-state index contributed by atoms with van der Waals surface area (Å²) >= 11 is -1.47. The van der Waals surface area contributed by atoms with Crippen LogP contribution in [0.4, 0.5) is 0 Å². The van der Waals surface area contributed by atoms with Gasteiger partial charge in [0.2, 0.25) is 0 Å². The molecule has 0 fully saturated rings. The predicted octanol–water partition coefficient (Wildman–Crippen LogP) is 3.46. The van der Waals surface area contributed by atoms with Crippen molar-refractivity contribution in [2.45, 2.75) is 26.2 Å². The van der Waals surface area contributed by atoms with Crippen LogP contribution in [0.2, 0.25) is 19.3 Å². The zero-order valence-electron chi connectivity index (χ0n) is 7.52. The summed E-state index contributed by atoms with van der Waals surface area (Å²) in [4.78, 5) is 7.36. The Kier molecular flexibility index (Phi) is 5.14. The summed E-state index contributed by atoms with van der Waals surface area (Å²) in [5.74, 6) is 0. The van der Waals surface area contributed by atoms with E-state index in [-0.39, 0.29) is 0 Å². The molecule has 0 aromatic carbocycles. The van der Waals surface area contributed by atoms with Gasteiger partial charge >= 0.3 is 68.9 Å². The molecule has 0 saturated carbocycles. The van der Waals surface area contributed by atoms with Crippen LogP contribution >= 0.6 is 0 Å². The van der Waals surface area contributed by atoms with Crippen LogP contribution in [0, 0.1) is 0 Å². The van der Waals surface area contributed by atoms with Crippen molar-refractivity contribution >= 4 is 18.4 Å². The molecule has 0 heterocycles. The molecule has 0 saturated heterocycles. The van der Waals surface area contributed by atoms with Crippen molar-refractivity contribution < 1.29 is 0 Å². The fourth-order valence-electron chi connectivity index (χ4n) is 0.611. The van der Waals surface area contributed by atoms with Crippen LogP contribution in [-0.4, -0.2) is 18.4 Å². The summed E-state index contributed by atoms with van der Waals surface area (Å²) in [5, 5.41) is 0. The Morgan fingerprint density at radius 1 is 1.10 bits per heavy atom. The summed E-state index contributed by atoms with van der Waals surface area (Å²) in [6.07, 6.45) is 8.62. The second kappa shape index (κ2) is 5.00. The third kappa shape index (κ3) is 8.28. The summed E-state index contributed by atoms with van der Waals surface area (Å²) in [6.45, 7) is 2.05. The van der Waals surface area contributed by atoms with Crippen molar-refractivity contribution in [2.24, 2.45) is 0 Å². The first-order valence-electron chi connectivity index (χ1n) is 3.84. The third-order valence-corrected chi connectivity index (χ3v) is 5.34. The zero-order valence-corrected chi connectivity index (χ0v) is 10.4. The molecular formula is C9H18Sn. The molecule has 0 N–H and O–H groups in total. The Morgan fingerprint density at radius 2 is 1.70 bits per heavy atom.